The Balaban J connectivity index is 1.37. The predicted molar refractivity (Wildman–Crippen MR) is 124 cm³/mol. The minimum Gasteiger partial charge on any atom is -0.465 e. The van der Waals surface area contributed by atoms with Crippen molar-refractivity contribution in [2.45, 2.75) is 5.92 Å². The van der Waals surface area contributed by atoms with Gasteiger partial charge in [-0.3, -0.25) is 10.1 Å². The molecule has 0 heterocycles. The summed E-state index contributed by atoms with van der Waals surface area (Å²) in [7, 11) is 1.19. The summed E-state index contributed by atoms with van der Waals surface area (Å²) in [5.41, 5.74) is 4.50. The number of ether oxygens (including phenoxy) is 2. The van der Waals surface area contributed by atoms with Gasteiger partial charge in [-0.05, 0) is 28.3 Å². The van der Waals surface area contributed by atoms with Gasteiger partial charge >= 0.3 is 12.1 Å². The molecule has 0 unspecified atom stereocenters. The van der Waals surface area contributed by atoms with Gasteiger partial charge in [-0.25, -0.2) is 9.59 Å². The van der Waals surface area contributed by atoms with E-state index in [0.717, 1.165) is 28.3 Å². The molecule has 0 spiro atoms. The van der Waals surface area contributed by atoms with Crippen molar-refractivity contribution < 1.29 is 24.0 Å². The number of esters is 1. The lowest BCUT2D eigenvalue weighted by molar-refractivity contribution is -0.384. The SMILES string of the molecule is COC(=O)c1cc(C#CCNC(=O)OCC2c3ccccc3-c3ccccc32)cc([N+](=O)[O-])c1. The first-order valence-electron chi connectivity index (χ1n) is 10.4. The Morgan fingerprint density at radius 3 is 2.29 bits per heavy atom. The summed E-state index contributed by atoms with van der Waals surface area (Å²) in [4.78, 5) is 34.4. The van der Waals surface area contributed by atoms with E-state index >= 15 is 0 Å². The third kappa shape index (κ3) is 4.74. The lowest BCUT2D eigenvalue weighted by Gasteiger charge is -2.14. The van der Waals surface area contributed by atoms with Crippen molar-refractivity contribution in [3.05, 3.63) is 99.1 Å². The van der Waals surface area contributed by atoms with E-state index in [1.807, 2.05) is 36.4 Å². The maximum atomic E-state index is 12.2. The van der Waals surface area contributed by atoms with Gasteiger partial charge in [0.15, 0.2) is 0 Å². The molecule has 0 aliphatic heterocycles. The average molecular weight is 456 g/mol. The van der Waals surface area contributed by atoms with Crippen LogP contribution in [0.15, 0.2) is 66.7 Å². The summed E-state index contributed by atoms with van der Waals surface area (Å²) in [6.07, 6.45) is -0.620. The minimum atomic E-state index is -0.705. The number of nitro benzene ring substituents is 1. The van der Waals surface area contributed by atoms with Gasteiger partial charge in [0.25, 0.3) is 5.69 Å². The van der Waals surface area contributed by atoms with Crippen molar-refractivity contribution >= 4 is 17.7 Å². The first-order chi connectivity index (χ1) is 16.5. The Labute approximate surface area is 195 Å². The van der Waals surface area contributed by atoms with Gasteiger partial charge in [0, 0.05) is 23.6 Å². The van der Waals surface area contributed by atoms with Crippen molar-refractivity contribution in [1.82, 2.24) is 5.32 Å². The van der Waals surface area contributed by atoms with Gasteiger partial charge in [0.05, 0.1) is 24.1 Å². The summed E-state index contributed by atoms with van der Waals surface area (Å²) in [6.45, 7) is 0.146. The molecule has 1 N–H and O–H groups in total. The number of nitrogens with zero attached hydrogens (tertiary/aromatic N) is 1. The lowest BCUT2D eigenvalue weighted by atomic mass is 9.98. The second-order valence-corrected chi connectivity index (χ2v) is 7.50. The van der Waals surface area contributed by atoms with Crippen molar-refractivity contribution in [3.63, 3.8) is 0 Å². The van der Waals surface area contributed by atoms with Crippen LogP contribution in [0.25, 0.3) is 11.1 Å². The molecule has 1 aliphatic carbocycles. The van der Waals surface area contributed by atoms with Crippen molar-refractivity contribution in [2.24, 2.45) is 0 Å². The number of hydrogen-bond donors (Lipinski definition) is 1. The summed E-state index contributed by atoms with van der Waals surface area (Å²) in [6, 6.07) is 19.8. The van der Waals surface area contributed by atoms with Gasteiger partial charge in [-0.1, -0.05) is 60.4 Å². The largest absolute Gasteiger partial charge is 0.465 e. The second-order valence-electron chi connectivity index (χ2n) is 7.50. The summed E-state index contributed by atoms with van der Waals surface area (Å²) in [5.74, 6) is 4.66. The smallest absolute Gasteiger partial charge is 0.407 e. The number of nitro groups is 1. The van der Waals surface area contributed by atoms with Crippen LogP contribution in [-0.4, -0.2) is 37.2 Å². The molecule has 0 radical (unpaired) electrons. The van der Waals surface area contributed by atoms with Crippen LogP contribution < -0.4 is 5.32 Å². The van der Waals surface area contributed by atoms with Crippen LogP contribution in [0.5, 0.6) is 0 Å². The van der Waals surface area contributed by atoms with Crippen LogP contribution in [0.1, 0.15) is 33.0 Å². The normalized spacial score (nSPS) is 11.4. The molecule has 0 fully saturated rings. The monoisotopic (exact) mass is 456 g/mol. The van der Waals surface area contributed by atoms with Crippen LogP contribution in [0, 0.1) is 22.0 Å². The van der Waals surface area contributed by atoms with Crippen LogP contribution in [-0.2, 0) is 9.47 Å². The highest BCUT2D eigenvalue weighted by Gasteiger charge is 2.28. The molecule has 1 aliphatic rings. The Hall–Kier alpha value is -4.64. The Kier molecular flexibility index (Phi) is 6.55. The predicted octanol–water partition coefficient (Wildman–Crippen LogP) is 4.27. The second kappa shape index (κ2) is 9.88. The van der Waals surface area contributed by atoms with E-state index in [-0.39, 0.29) is 35.9 Å². The van der Waals surface area contributed by atoms with E-state index in [1.165, 1.54) is 19.2 Å². The molecule has 3 aromatic rings. The van der Waals surface area contributed by atoms with Crippen molar-refractivity contribution in [1.29, 1.82) is 0 Å². The molecule has 0 bridgehead atoms. The molecule has 8 nitrogen and oxygen atoms in total. The Morgan fingerprint density at radius 2 is 1.68 bits per heavy atom. The number of alkyl carbamates (subject to hydrolysis) is 1. The third-order valence-corrected chi connectivity index (χ3v) is 5.45. The summed E-state index contributed by atoms with van der Waals surface area (Å²) < 4.78 is 10.1. The highest BCUT2D eigenvalue weighted by molar-refractivity contribution is 5.90. The van der Waals surface area contributed by atoms with Crippen molar-refractivity contribution in [2.75, 3.05) is 20.3 Å². The molecular weight excluding hydrogens is 436 g/mol. The molecule has 1 amide bonds. The van der Waals surface area contributed by atoms with Gasteiger partial charge in [0.1, 0.15) is 6.61 Å². The van der Waals surface area contributed by atoms with Crippen molar-refractivity contribution in [3.8, 4) is 23.0 Å². The molecule has 4 rings (SSSR count). The molecule has 34 heavy (non-hydrogen) atoms. The van der Waals surface area contributed by atoms with E-state index in [4.69, 9.17) is 4.74 Å². The maximum absolute atomic E-state index is 12.2. The number of methoxy groups -OCH3 is 1. The zero-order chi connectivity index (χ0) is 24.1. The fourth-order valence-corrected chi connectivity index (χ4v) is 3.94. The van der Waals surface area contributed by atoms with Crippen LogP contribution in [0.3, 0.4) is 0 Å². The lowest BCUT2D eigenvalue weighted by Crippen LogP contribution is -2.26. The molecule has 8 heteroatoms. The number of rotatable bonds is 5. The van der Waals surface area contributed by atoms with E-state index in [0.29, 0.717) is 0 Å². The summed E-state index contributed by atoms with van der Waals surface area (Å²) >= 11 is 0. The van der Waals surface area contributed by atoms with Gasteiger partial charge in [0.2, 0.25) is 0 Å². The number of hydrogen-bond acceptors (Lipinski definition) is 6. The topological polar surface area (TPSA) is 108 Å². The minimum absolute atomic E-state index is 0.0190. The number of carbonyl (C=O) groups excluding carboxylic acids is 2. The number of amides is 1. The van der Waals surface area contributed by atoms with Crippen LogP contribution in [0.4, 0.5) is 10.5 Å². The number of fused-ring (bicyclic) bond motifs is 3. The first kappa shape index (κ1) is 22.6. The zero-order valence-electron chi connectivity index (χ0n) is 18.2. The van der Waals surface area contributed by atoms with Gasteiger partial charge in [-0.2, -0.15) is 0 Å². The van der Waals surface area contributed by atoms with Gasteiger partial charge in [-0.15, -0.1) is 0 Å². The van der Waals surface area contributed by atoms with Crippen LogP contribution in [0.2, 0.25) is 0 Å². The summed E-state index contributed by atoms with van der Waals surface area (Å²) in [5, 5.41) is 13.7. The fraction of sp³-hybridized carbons (Fsp3) is 0.154. The Morgan fingerprint density at radius 1 is 1.03 bits per heavy atom. The van der Waals surface area contributed by atoms with E-state index in [2.05, 4.69) is 34.0 Å². The highest BCUT2D eigenvalue weighted by atomic mass is 16.6. The van der Waals surface area contributed by atoms with Gasteiger partial charge < -0.3 is 14.8 Å². The van der Waals surface area contributed by atoms with Crippen LogP contribution >= 0.6 is 0 Å². The number of benzene rings is 3. The first-order valence-corrected chi connectivity index (χ1v) is 10.4. The van der Waals surface area contributed by atoms with E-state index in [1.54, 1.807) is 0 Å². The Bertz CT molecular complexity index is 1290. The standard InChI is InChI=1S/C26H20N2O6/c1-33-25(29)18-13-17(14-19(15-18)28(31)32)7-6-12-27-26(30)34-16-24-22-10-4-2-8-20(22)21-9-3-5-11-23(21)24/h2-5,8-11,13-15,24H,12,16H2,1H3,(H,27,30). The van der Waals surface area contributed by atoms with E-state index < -0.39 is 17.0 Å². The molecule has 170 valence electrons. The fourth-order valence-electron chi connectivity index (χ4n) is 3.94. The number of non-ortho nitro benzene ring substituents is 1. The van der Waals surface area contributed by atoms with E-state index in [9.17, 15) is 19.7 Å². The third-order valence-electron chi connectivity index (χ3n) is 5.45. The molecular formula is C26H20N2O6. The average Bonchev–Trinajstić information content (AvgIpc) is 3.18. The quantitative estimate of drug-likeness (QED) is 0.266. The molecule has 0 saturated heterocycles. The highest BCUT2D eigenvalue weighted by Crippen LogP contribution is 2.44. The molecule has 0 aromatic heterocycles. The maximum Gasteiger partial charge on any atom is 0.407 e. The molecule has 0 saturated carbocycles. The molecule has 0 atom stereocenters. The molecule has 3 aromatic carbocycles. The number of nitrogens with one attached hydrogen (secondary N) is 1. The zero-order valence-corrected chi connectivity index (χ0v) is 18.2. The number of carbonyl (C=O) groups is 2.